The molecule has 0 bridgehead atoms. The summed E-state index contributed by atoms with van der Waals surface area (Å²) in [6.45, 7) is 2.07. The highest BCUT2D eigenvalue weighted by Gasteiger charge is 2.31. The number of aliphatic hydroxyl groups is 1. The minimum absolute atomic E-state index is 0.100. The summed E-state index contributed by atoms with van der Waals surface area (Å²) in [4.78, 5) is 14.3. The third-order valence-corrected chi connectivity index (χ3v) is 5.92. The van der Waals surface area contributed by atoms with E-state index in [1.165, 1.54) is 12.1 Å². The third-order valence-electron chi connectivity index (χ3n) is 5.18. The quantitative estimate of drug-likeness (QED) is 0.662. The topological polar surface area (TPSA) is 61.8 Å². The van der Waals surface area contributed by atoms with Gasteiger partial charge in [-0.05, 0) is 55.6 Å². The normalized spacial score (nSPS) is 19.9. The molecule has 1 amide bonds. The summed E-state index contributed by atoms with van der Waals surface area (Å²) in [6, 6.07) is 11.0. The first kappa shape index (κ1) is 22.8. The van der Waals surface area contributed by atoms with E-state index in [-0.39, 0.29) is 24.9 Å². The van der Waals surface area contributed by atoms with E-state index in [0.29, 0.717) is 41.7 Å². The molecular weight excluding hydrogens is 430 g/mol. The minimum Gasteiger partial charge on any atom is -0.491 e. The Morgan fingerprint density at radius 3 is 2.63 bits per heavy atom. The highest BCUT2D eigenvalue weighted by atomic mass is 35.5. The molecule has 1 fully saturated rings. The summed E-state index contributed by atoms with van der Waals surface area (Å²) < 4.78 is 18.7. The van der Waals surface area contributed by atoms with Crippen molar-refractivity contribution in [1.29, 1.82) is 0 Å². The molecule has 2 N–H and O–H groups in total. The molecule has 0 unspecified atom stereocenters. The van der Waals surface area contributed by atoms with Crippen LogP contribution in [0.25, 0.3) is 0 Å². The van der Waals surface area contributed by atoms with Crippen LogP contribution in [-0.2, 0) is 11.3 Å². The van der Waals surface area contributed by atoms with Crippen molar-refractivity contribution in [2.75, 3.05) is 26.2 Å². The van der Waals surface area contributed by atoms with Crippen molar-refractivity contribution in [2.24, 2.45) is 0 Å². The fourth-order valence-corrected chi connectivity index (χ4v) is 3.67. The zero-order chi connectivity index (χ0) is 21.6. The molecule has 1 heterocycles. The Bertz CT molecular complexity index is 866. The molecule has 2 aromatic rings. The second-order valence-electron chi connectivity index (χ2n) is 7.62. The number of likely N-dealkylation sites (tertiary alicyclic amines) is 1. The Labute approximate surface area is 185 Å². The lowest BCUT2D eigenvalue weighted by molar-refractivity contribution is -0.122. The Balaban J connectivity index is 1.44. The predicted molar refractivity (Wildman–Crippen MR) is 115 cm³/mol. The molecule has 2 aromatic carbocycles. The van der Waals surface area contributed by atoms with Crippen molar-refractivity contribution in [1.82, 2.24) is 10.2 Å². The monoisotopic (exact) mass is 454 g/mol. The van der Waals surface area contributed by atoms with Gasteiger partial charge in [0, 0.05) is 19.2 Å². The Morgan fingerprint density at radius 1 is 1.13 bits per heavy atom. The van der Waals surface area contributed by atoms with Crippen molar-refractivity contribution in [2.45, 2.75) is 31.4 Å². The summed E-state index contributed by atoms with van der Waals surface area (Å²) in [7, 11) is 0. The van der Waals surface area contributed by atoms with Crippen LogP contribution in [0, 0.1) is 5.82 Å². The number of carbonyl (C=O) groups is 1. The SMILES string of the molecule is O=C(CN1CCC[C@](O)(COc2ccc(Cl)c(Cl)c2)CC1)NCc1ccc(F)cc1. The van der Waals surface area contributed by atoms with Crippen LogP contribution in [0.4, 0.5) is 4.39 Å². The average molecular weight is 455 g/mol. The lowest BCUT2D eigenvalue weighted by Gasteiger charge is -2.27. The van der Waals surface area contributed by atoms with E-state index in [9.17, 15) is 14.3 Å². The second-order valence-corrected chi connectivity index (χ2v) is 8.44. The summed E-state index contributed by atoms with van der Waals surface area (Å²) in [5.74, 6) is 0.154. The van der Waals surface area contributed by atoms with Gasteiger partial charge in [0.25, 0.3) is 0 Å². The number of hydrogen-bond donors (Lipinski definition) is 2. The molecule has 8 heteroatoms. The maximum atomic E-state index is 12.9. The van der Waals surface area contributed by atoms with E-state index in [1.807, 2.05) is 4.90 Å². The zero-order valence-electron chi connectivity index (χ0n) is 16.5. The number of nitrogens with zero attached hydrogens (tertiary/aromatic N) is 1. The van der Waals surface area contributed by atoms with Gasteiger partial charge in [0.05, 0.1) is 22.2 Å². The summed E-state index contributed by atoms with van der Waals surface area (Å²) in [6.07, 6.45) is 1.84. The Kier molecular flexibility index (Phi) is 7.94. The van der Waals surface area contributed by atoms with Crippen LogP contribution in [0.15, 0.2) is 42.5 Å². The van der Waals surface area contributed by atoms with Gasteiger partial charge in [-0.25, -0.2) is 4.39 Å². The molecule has 30 heavy (non-hydrogen) atoms. The predicted octanol–water partition coefficient (Wildman–Crippen LogP) is 4.04. The van der Waals surface area contributed by atoms with Crippen molar-refractivity contribution >= 4 is 29.1 Å². The lowest BCUT2D eigenvalue weighted by Crippen LogP contribution is -2.40. The van der Waals surface area contributed by atoms with Gasteiger partial charge in [0.15, 0.2) is 0 Å². The van der Waals surface area contributed by atoms with Crippen LogP contribution in [0.2, 0.25) is 10.0 Å². The van der Waals surface area contributed by atoms with Crippen molar-refractivity contribution in [3.8, 4) is 5.75 Å². The number of hydrogen-bond acceptors (Lipinski definition) is 4. The van der Waals surface area contributed by atoms with Crippen LogP contribution in [0.3, 0.4) is 0 Å². The molecule has 0 spiro atoms. The largest absolute Gasteiger partial charge is 0.491 e. The zero-order valence-corrected chi connectivity index (χ0v) is 18.1. The van der Waals surface area contributed by atoms with Crippen LogP contribution in [0.1, 0.15) is 24.8 Å². The number of carbonyl (C=O) groups excluding carboxylic acids is 1. The first-order chi connectivity index (χ1) is 14.3. The van der Waals surface area contributed by atoms with Crippen molar-refractivity contribution in [3.05, 3.63) is 63.9 Å². The van der Waals surface area contributed by atoms with Gasteiger partial charge < -0.3 is 15.2 Å². The first-order valence-electron chi connectivity index (χ1n) is 9.87. The van der Waals surface area contributed by atoms with Crippen LogP contribution < -0.4 is 10.1 Å². The molecule has 0 aromatic heterocycles. The van der Waals surface area contributed by atoms with E-state index in [0.717, 1.165) is 18.5 Å². The maximum Gasteiger partial charge on any atom is 0.234 e. The molecule has 1 saturated heterocycles. The summed E-state index contributed by atoms with van der Waals surface area (Å²) >= 11 is 11.9. The van der Waals surface area contributed by atoms with Crippen LogP contribution in [-0.4, -0.2) is 47.8 Å². The number of rotatable bonds is 7. The minimum atomic E-state index is -0.967. The van der Waals surface area contributed by atoms with Gasteiger partial charge in [-0.15, -0.1) is 0 Å². The molecule has 0 radical (unpaired) electrons. The Morgan fingerprint density at radius 2 is 1.90 bits per heavy atom. The summed E-state index contributed by atoms with van der Waals surface area (Å²) in [5, 5.41) is 14.6. The third kappa shape index (κ3) is 6.84. The molecule has 1 atom stereocenters. The van der Waals surface area contributed by atoms with Gasteiger partial charge in [-0.3, -0.25) is 9.69 Å². The van der Waals surface area contributed by atoms with Gasteiger partial charge in [0.1, 0.15) is 18.2 Å². The first-order valence-corrected chi connectivity index (χ1v) is 10.6. The van der Waals surface area contributed by atoms with E-state index in [1.54, 1.807) is 30.3 Å². The fourth-order valence-electron chi connectivity index (χ4n) is 3.38. The number of nitrogens with one attached hydrogen (secondary N) is 1. The number of benzene rings is 2. The lowest BCUT2D eigenvalue weighted by atomic mass is 9.96. The Hall–Kier alpha value is -1.86. The molecule has 162 valence electrons. The fraction of sp³-hybridized carbons (Fsp3) is 0.409. The van der Waals surface area contributed by atoms with E-state index in [2.05, 4.69) is 5.32 Å². The molecule has 5 nitrogen and oxygen atoms in total. The van der Waals surface area contributed by atoms with Crippen molar-refractivity contribution < 1.29 is 19.0 Å². The standard InChI is InChI=1S/C22H25Cl2FN2O3/c23-19-7-6-18(12-20(19)24)30-15-22(29)8-1-10-27(11-9-22)14-21(28)26-13-16-2-4-17(25)5-3-16/h2-7,12,29H,1,8-11,13-15H2,(H,26,28)/t22-/m1/s1. The molecule has 3 rings (SSSR count). The van der Waals surface area contributed by atoms with E-state index < -0.39 is 5.60 Å². The van der Waals surface area contributed by atoms with E-state index >= 15 is 0 Å². The van der Waals surface area contributed by atoms with Crippen molar-refractivity contribution in [3.63, 3.8) is 0 Å². The van der Waals surface area contributed by atoms with Crippen LogP contribution >= 0.6 is 23.2 Å². The second kappa shape index (κ2) is 10.4. The molecule has 1 aliphatic heterocycles. The smallest absolute Gasteiger partial charge is 0.234 e. The number of ether oxygens (including phenoxy) is 1. The van der Waals surface area contributed by atoms with Crippen LogP contribution in [0.5, 0.6) is 5.75 Å². The summed E-state index contributed by atoms with van der Waals surface area (Å²) in [5.41, 5.74) is -0.125. The van der Waals surface area contributed by atoms with E-state index in [4.69, 9.17) is 27.9 Å². The molecule has 1 aliphatic rings. The molecular formula is C22H25Cl2FN2O3. The van der Waals surface area contributed by atoms with Gasteiger partial charge in [-0.1, -0.05) is 35.3 Å². The van der Waals surface area contributed by atoms with Gasteiger partial charge in [0.2, 0.25) is 5.91 Å². The highest BCUT2D eigenvalue weighted by Crippen LogP contribution is 2.28. The average Bonchev–Trinajstić information content (AvgIpc) is 2.90. The molecule has 0 aliphatic carbocycles. The number of amides is 1. The van der Waals surface area contributed by atoms with Gasteiger partial charge in [-0.2, -0.15) is 0 Å². The highest BCUT2D eigenvalue weighted by molar-refractivity contribution is 6.42. The van der Waals surface area contributed by atoms with Gasteiger partial charge >= 0.3 is 0 Å². The number of halogens is 3. The molecule has 0 saturated carbocycles. The maximum absolute atomic E-state index is 12.9.